The number of nitrogen functional groups attached to an aromatic ring is 1. The Morgan fingerprint density at radius 1 is 1.30 bits per heavy atom. The van der Waals surface area contributed by atoms with Crippen molar-refractivity contribution in [2.24, 2.45) is 0 Å². The van der Waals surface area contributed by atoms with Crippen molar-refractivity contribution in [1.29, 1.82) is 0 Å². The van der Waals surface area contributed by atoms with Crippen LogP contribution in [0.2, 0.25) is 0 Å². The predicted molar refractivity (Wildman–Crippen MR) is 70.4 cm³/mol. The standard InChI is InChI=1S/C12H9F3N4S/c13-12(14,15)7-1-2-10-9(3-7)18-11(20-10)6-19-5-8(16)4-17-19/h1-5H,6,16H2. The first-order chi connectivity index (χ1) is 9.41. The van der Waals surface area contributed by atoms with Crippen LogP contribution < -0.4 is 5.73 Å². The molecule has 0 aliphatic rings. The number of anilines is 1. The summed E-state index contributed by atoms with van der Waals surface area (Å²) < 4.78 is 40.2. The highest BCUT2D eigenvalue weighted by atomic mass is 32.1. The highest BCUT2D eigenvalue weighted by Gasteiger charge is 2.30. The number of alkyl halides is 3. The Bertz CT molecular complexity index is 759. The fourth-order valence-electron chi connectivity index (χ4n) is 1.82. The lowest BCUT2D eigenvalue weighted by Crippen LogP contribution is -2.04. The summed E-state index contributed by atoms with van der Waals surface area (Å²) in [6.45, 7) is 0.387. The predicted octanol–water partition coefficient (Wildman–Crippen LogP) is 3.14. The third-order valence-corrected chi connectivity index (χ3v) is 3.73. The van der Waals surface area contributed by atoms with Gasteiger partial charge in [-0.2, -0.15) is 18.3 Å². The molecule has 0 amide bonds. The largest absolute Gasteiger partial charge is 0.416 e. The van der Waals surface area contributed by atoms with Gasteiger partial charge in [0.1, 0.15) is 5.01 Å². The van der Waals surface area contributed by atoms with Crippen molar-refractivity contribution in [2.75, 3.05) is 5.73 Å². The van der Waals surface area contributed by atoms with Gasteiger partial charge in [0.25, 0.3) is 0 Å². The molecule has 0 bridgehead atoms. The topological polar surface area (TPSA) is 56.7 Å². The lowest BCUT2D eigenvalue weighted by atomic mass is 10.2. The molecule has 20 heavy (non-hydrogen) atoms. The Morgan fingerprint density at radius 2 is 2.10 bits per heavy atom. The van der Waals surface area contributed by atoms with Crippen LogP contribution in [0.15, 0.2) is 30.6 Å². The van der Waals surface area contributed by atoms with E-state index in [-0.39, 0.29) is 0 Å². The Morgan fingerprint density at radius 3 is 2.75 bits per heavy atom. The SMILES string of the molecule is Nc1cnn(Cc2nc3cc(C(F)(F)F)ccc3s2)c1. The minimum atomic E-state index is -4.35. The van der Waals surface area contributed by atoms with E-state index >= 15 is 0 Å². The average molecular weight is 298 g/mol. The quantitative estimate of drug-likeness (QED) is 0.790. The van der Waals surface area contributed by atoms with Crippen molar-refractivity contribution in [3.05, 3.63) is 41.2 Å². The monoisotopic (exact) mass is 298 g/mol. The molecule has 8 heteroatoms. The number of nitrogens with zero attached hydrogens (tertiary/aromatic N) is 3. The number of halogens is 3. The first-order valence-electron chi connectivity index (χ1n) is 5.66. The van der Waals surface area contributed by atoms with Gasteiger partial charge in [0.15, 0.2) is 0 Å². The fraction of sp³-hybridized carbons (Fsp3) is 0.167. The molecule has 0 aliphatic heterocycles. The van der Waals surface area contributed by atoms with Crippen molar-refractivity contribution < 1.29 is 13.2 Å². The number of fused-ring (bicyclic) bond motifs is 1. The molecule has 0 saturated heterocycles. The maximum atomic E-state index is 12.6. The molecule has 3 aromatic rings. The summed E-state index contributed by atoms with van der Waals surface area (Å²) in [5, 5.41) is 4.70. The van der Waals surface area contributed by atoms with Crippen LogP contribution in [0.1, 0.15) is 10.6 Å². The maximum absolute atomic E-state index is 12.6. The smallest absolute Gasteiger partial charge is 0.396 e. The molecule has 0 atom stereocenters. The lowest BCUT2D eigenvalue weighted by molar-refractivity contribution is -0.137. The van der Waals surface area contributed by atoms with Gasteiger partial charge in [-0.25, -0.2) is 4.98 Å². The van der Waals surface area contributed by atoms with Crippen LogP contribution in [0.3, 0.4) is 0 Å². The Balaban J connectivity index is 1.94. The van der Waals surface area contributed by atoms with E-state index in [1.807, 2.05) is 0 Å². The second-order valence-electron chi connectivity index (χ2n) is 4.26. The molecule has 0 aliphatic carbocycles. The van der Waals surface area contributed by atoms with E-state index in [1.165, 1.54) is 23.6 Å². The van der Waals surface area contributed by atoms with Gasteiger partial charge >= 0.3 is 6.18 Å². The van der Waals surface area contributed by atoms with E-state index in [0.29, 0.717) is 27.5 Å². The van der Waals surface area contributed by atoms with Crippen LogP contribution in [0, 0.1) is 0 Å². The van der Waals surface area contributed by atoms with Gasteiger partial charge in [-0.15, -0.1) is 11.3 Å². The number of hydrogen-bond acceptors (Lipinski definition) is 4. The summed E-state index contributed by atoms with van der Waals surface area (Å²) in [7, 11) is 0. The zero-order chi connectivity index (χ0) is 14.3. The third-order valence-electron chi connectivity index (χ3n) is 2.71. The highest BCUT2D eigenvalue weighted by Crippen LogP contribution is 2.32. The summed E-state index contributed by atoms with van der Waals surface area (Å²) >= 11 is 1.34. The molecule has 104 valence electrons. The minimum Gasteiger partial charge on any atom is -0.396 e. The summed E-state index contributed by atoms with van der Waals surface area (Å²) in [4.78, 5) is 4.21. The number of aromatic nitrogens is 3. The summed E-state index contributed by atoms with van der Waals surface area (Å²) in [6.07, 6.45) is -1.20. The lowest BCUT2D eigenvalue weighted by Gasteiger charge is -2.04. The molecule has 2 heterocycles. The molecule has 1 aromatic carbocycles. The molecule has 0 unspecified atom stereocenters. The van der Waals surface area contributed by atoms with Gasteiger partial charge in [0.05, 0.1) is 34.2 Å². The number of benzene rings is 1. The summed E-state index contributed by atoms with van der Waals surface area (Å²) in [6, 6.07) is 3.57. The van der Waals surface area contributed by atoms with Gasteiger partial charge in [-0.3, -0.25) is 4.68 Å². The molecule has 3 rings (SSSR count). The Labute approximate surface area is 115 Å². The van der Waals surface area contributed by atoms with E-state index in [9.17, 15) is 13.2 Å². The van der Waals surface area contributed by atoms with E-state index < -0.39 is 11.7 Å². The number of rotatable bonds is 2. The van der Waals surface area contributed by atoms with Gasteiger partial charge in [-0.1, -0.05) is 0 Å². The summed E-state index contributed by atoms with van der Waals surface area (Å²) in [5.74, 6) is 0. The van der Waals surface area contributed by atoms with Crippen molar-refractivity contribution in [1.82, 2.24) is 14.8 Å². The average Bonchev–Trinajstić information content (AvgIpc) is 2.93. The number of thiazole rings is 1. The van der Waals surface area contributed by atoms with Crippen molar-refractivity contribution in [3.8, 4) is 0 Å². The first kappa shape index (κ1) is 12.9. The molecule has 2 aromatic heterocycles. The number of nitrogens with two attached hydrogens (primary N) is 1. The molecule has 0 saturated carbocycles. The molecule has 0 radical (unpaired) electrons. The van der Waals surface area contributed by atoms with Crippen LogP contribution in [-0.4, -0.2) is 14.8 Å². The molecular weight excluding hydrogens is 289 g/mol. The van der Waals surface area contributed by atoms with Gasteiger partial charge in [-0.05, 0) is 18.2 Å². The molecule has 2 N–H and O–H groups in total. The molecular formula is C12H9F3N4S. The number of hydrogen-bond donors (Lipinski definition) is 1. The first-order valence-corrected chi connectivity index (χ1v) is 6.48. The third kappa shape index (κ3) is 2.46. The second-order valence-corrected chi connectivity index (χ2v) is 5.37. The Hall–Kier alpha value is -2.09. The van der Waals surface area contributed by atoms with E-state index in [2.05, 4.69) is 10.1 Å². The summed E-state index contributed by atoms with van der Waals surface area (Å²) in [5.41, 5.74) is 5.74. The van der Waals surface area contributed by atoms with Crippen LogP contribution in [0.25, 0.3) is 10.2 Å². The normalized spacial score (nSPS) is 12.2. The molecule has 0 spiro atoms. The van der Waals surface area contributed by atoms with E-state index in [1.54, 1.807) is 10.9 Å². The zero-order valence-corrected chi connectivity index (χ0v) is 10.9. The zero-order valence-electron chi connectivity index (χ0n) is 10.1. The van der Waals surface area contributed by atoms with E-state index in [0.717, 1.165) is 12.1 Å². The van der Waals surface area contributed by atoms with Gasteiger partial charge in [0.2, 0.25) is 0 Å². The second kappa shape index (κ2) is 4.48. The fourth-order valence-corrected chi connectivity index (χ4v) is 2.76. The van der Waals surface area contributed by atoms with Crippen LogP contribution in [-0.2, 0) is 12.7 Å². The van der Waals surface area contributed by atoms with Gasteiger partial charge < -0.3 is 5.73 Å². The van der Waals surface area contributed by atoms with Crippen molar-refractivity contribution in [3.63, 3.8) is 0 Å². The minimum absolute atomic E-state index is 0.347. The Kier molecular flexibility index (Phi) is 2.89. The molecule has 4 nitrogen and oxygen atoms in total. The van der Waals surface area contributed by atoms with Crippen molar-refractivity contribution >= 4 is 27.2 Å². The van der Waals surface area contributed by atoms with E-state index in [4.69, 9.17) is 5.73 Å². The van der Waals surface area contributed by atoms with Gasteiger partial charge in [0, 0.05) is 6.20 Å². The van der Waals surface area contributed by atoms with Crippen molar-refractivity contribution in [2.45, 2.75) is 12.7 Å². The highest BCUT2D eigenvalue weighted by molar-refractivity contribution is 7.18. The van der Waals surface area contributed by atoms with Crippen LogP contribution >= 0.6 is 11.3 Å². The maximum Gasteiger partial charge on any atom is 0.416 e. The van der Waals surface area contributed by atoms with Crippen LogP contribution in [0.4, 0.5) is 18.9 Å². The molecule has 0 fully saturated rings. The van der Waals surface area contributed by atoms with Crippen LogP contribution in [0.5, 0.6) is 0 Å².